The molecule has 4 N–H and O–H groups in total. The summed E-state index contributed by atoms with van der Waals surface area (Å²) in [6, 6.07) is 17.8. The predicted molar refractivity (Wildman–Crippen MR) is 100 cm³/mol. The zero-order valence-corrected chi connectivity index (χ0v) is 14.7. The molecule has 0 spiro atoms. The minimum atomic E-state index is -1.40. The van der Waals surface area contributed by atoms with E-state index in [0.717, 1.165) is 22.0 Å². The average Bonchev–Trinajstić information content (AvgIpc) is 3.06. The Morgan fingerprint density at radius 1 is 0.852 bits per heavy atom. The van der Waals surface area contributed by atoms with Crippen LogP contribution in [0.25, 0.3) is 10.9 Å². The summed E-state index contributed by atoms with van der Waals surface area (Å²) in [5.41, 5.74) is 3.08. The third kappa shape index (κ3) is 3.26. The van der Waals surface area contributed by atoms with E-state index >= 15 is 0 Å². The zero-order valence-electron chi connectivity index (χ0n) is 14.7. The van der Waals surface area contributed by atoms with Crippen molar-refractivity contribution in [3.63, 3.8) is 0 Å². The van der Waals surface area contributed by atoms with E-state index in [2.05, 4.69) is 12.1 Å². The van der Waals surface area contributed by atoms with E-state index in [0.29, 0.717) is 6.42 Å². The van der Waals surface area contributed by atoms with Crippen LogP contribution in [0.1, 0.15) is 17.4 Å². The summed E-state index contributed by atoms with van der Waals surface area (Å²) in [6.07, 6.45) is -3.31. The van der Waals surface area contributed by atoms with E-state index < -0.39 is 37.3 Å². The van der Waals surface area contributed by atoms with Gasteiger partial charge in [0.25, 0.3) is 0 Å². The standard InChI is InChI=1S/C21H23NO5/c23-12-17-18(24)19(25)20(26)21(27-17)22-11-14(10-13-6-2-1-3-7-13)15-8-4-5-9-16(15)22/h1-9,11,17-21,23-26H,10,12H2/t17-,18-,19+,20-,21-/m1/s1. The van der Waals surface area contributed by atoms with Gasteiger partial charge in [0.05, 0.1) is 12.1 Å². The van der Waals surface area contributed by atoms with E-state index in [-0.39, 0.29) is 0 Å². The highest BCUT2D eigenvalue weighted by atomic mass is 16.6. The van der Waals surface area contributed by atoms with Gasteiger partial charge < -0.3 is 29.7 Å². The molecule has 1 aliphatic heterocycles. The number of aliphatic hydroxyl groups excluding tert-OH is 4. The molecule has 0 radical (unpaired) electrons. The number of aromatic nitrogens is 1. The van der Waals surface area contributed by atoms with Crippen LogP contribution < -0.4 is 0 Å². The summed E-state index contributed by atoms with van der Waals surface area (Å²) in [6.45, 7) is -0.447. The van der Waals surface area contributed by atoms with Gasteiger partial charge in [0.15, 0.2) is 6.23 Å². The minimum absolute atomic E-state index is 0.447. The number of rotatable bonds is 4. The smallest absolute Gasteiger partial charge is 0.163 e. The lowest BCUT2D eigenvalue weighted by molar-refractivity contribution is -0.250. The second-order valence-electron chi connectivity index (χ2n) is 6.96. The highest BCUT2D eigenvalue weighted by Gasteiger charge is 2.44. The van der Waals surface area contributed by atoms with Crippen LogP contribution in [0, 0.1) is 0 Å². The molecule has 142 valence electrons. The first-order valence-corrected chi connectivity index (χ1v) is 9.03. The van der Waals surface area contributed by atoms with Crippen molar-refractivity contribution in [2.45, 2.75) is 37.1 Å². The highest BCUT2D eigenvalue weighted by Crippen LogP contribution is 2.33. The summed E-state index contributed by atoms with van der Waals surface area (Å²) >= 11 is 0. The number of hydrogen-bond donors (Lipinski definition) is 4. The van der Waals surface area contributed by atoms with Crippen molar-refractivity contribution in [2.24, 2.45) is 0 Å². The van der Waals surface area contributed by atoms with Gasteiger partial charge >= 0.3 is 0 Å². The molecule has 0 bridgehead atoms. The topological polar surface area (TPSA) is 95.1 Å². The second kappa shape index (κ2) is 7.42. The van der Waals surface area contributed by atoms with Crippen LogP contribution >= 0.6 is 0 Å². The maximum Gasteiger partial charge on any atom is 0.163 e. The third-order valence-corrected chi connectivity index (χ3v) is 5.20. The molecule has 5 atom stereocenters. The van der Waals surface area contributed by atoms with E-state index in [1.807, 2.05) is 48.7 Å². The van der Waals surface area contributed by atoms with Crippen LogP contribution in [-0.4, -0.2) is 56.0 Å². The van der Waals surface area contributed by atoms with Gasteiger partial charge in [-0.3, -0.25) is 0 Å². The van der Waals surface area contributed by atoms with Crippen LogP contribution in [0.4, 0.5) is 0 Å². The molecule has 0 amide bonds. The van der Waals surface area contributed by atoms with Gasteiger partial charge in [0.1, 0.15) is 24.4 Å². The summed E-state index contributed by atoms with van der Waals surface area (Å²) in [5.74, 6) is 0. The summed E-state index contributed by atoms with van der Waals surface area (Å²) < 4.78 is 7.52. The first-order chi connectivity index (χ1) is 13.1. The molecule has 2 heterocycles. The van der Waals surface area contributed by atoms with Crippen molar-refractivity contribution in [3.05, 3.63) is 71.9 Å². The Kier molecular flexibility index (Phi) is 4.99. The lowest BCUT2D eigenvalue weighted by atomic mass is 9.98. The Labute approximate surface area is 156 Å². The van der Waals surface area contributed by atoms with E-state index in [1.165, 1.54) is 0 Å². The number of hydrogen-bond acceptors (Lipinski definition) is 5. The van der Waals surface area contributed by atoms with Gasteiger partial charge in [0, 0.05) is 11.6 Å². The largest absolute Gasteiger partial charge is 0.394 e. The number of benzene rings is 2. The van der Waals surface area contributed by atoms with Crippen LogP contribution in [0.3, 0.4) is 0 Å². The molecule has 1 fully saturated rings. The van der Waals surface area contributed by atoms with Crippen molar-refractivity contribution in [1.29, 1.82) is 0 Å². The van der Waals surface area contributed by atoms with Gasteiger partial charge in [0.2, 0.25) is 0 Å². The molecule has 0 aliphatic carbocycles. The van der Waals surface area contributed by atoms with E-state index in [1.54, 1.807) is 4.57 Å². The molecule has 2 aromatic carbocycles. The van der Waals surface area contributed by atoms with Crippen molar-refractivity contribution in [3.8, 4) is 0 Å². The van der Waals surface area contributed by atoms with Gasteiger partial charge in [-0.15, -0.1) is 0 Å². The van der Waals surface area contributed by atoms with E-state index in [9.17, 15) is 20.4 Å². The number of fused-ring (bicyclic) bond motifs is 1. The molecule has 3 aromatic rings. The first-order valence-electron chi connectivity index (χ1n) is 9.03. The summed E-state index contributed by atoms with van der Waals surface area (Å²) in [7, 11) is 0. The fraction of sp³-hybridized carbons (Fsp3) is 0.333. The van der Waals surface area contributed by atoms with Crippen molar-refractivity contribution < 1.29 is 25.2 Å². The Morgan fingerprint density at radius 2 is 1.56 bits per heavy atom. The molecular formula is C21H23NO5. The molecule has 1 aromatic heterocycles. The third-order valence-electron chi connectivity index (χ3n) is 5.20. The number of ether oxygens (including phenoxy) is 1. The van der Waals surface area contributed by atoms with Gasteiger partial charge in [-0.1, -0.05) is 48.5 Å². The second-order valence-corrected chi connectivity index (χ2v) is 6.96. The molecule has 1 saturated heterocycles. The van der Waals surface area contributed by atoms with Gasteiger partial charge in [-0.2, -0.15) is 0 Å². The monoisotopic (exact) mass is 369 g/mol. The molecule has 0 unspecified atom stereocenters. The van der Waals surface area contributed by atoms with E-state index in [4.69, 9.17) is 4.74 Å². The fourth-order valence-electron chi connectivity index (χ4n) is 3.76. The van der Waals surface area contributed by atoms with Crippen LogP contribution in [-0.2, 0) is 11.2 Å². The van der Waals surface area contributed by atoms with Crippen LogP contribution in [0.2, 0.25) is 0 Å². The van der Waals surface area contributed by atoms with Crippen molar-refractivity contribution >= 4 is 10.9 Å². The molecule has 6 nitrogen and oxygen atoms in total. The Morgan fingerprint density at radius 3 is 2.30 bits per heavy atom. The van der Waals surface area contributed by atoms with Crippen molar-refractivity contribution in [1.82, 2.24) is 4.57 Å². The van der Waals surface area contributed by atoms with Crippen LogP contribution in [0.5, 0.6) is 0 Å². The van der Waals surface area contributed by atoms with Gasteiger partial charge in [-0.05, 0) is 23.6 Å². The molecule has 0 saturated carbocycles. The molecule has 1 aliphatic rings. The molecule has 27 heavy (non-hydrogen) atoms. The summed E-state index contributed by atoms with van der Waals surface area (Å²) in [4.78, 5) is 0. The maximum atomic E-state index is 10.5. The lowest BCUT2D eigenvalue weighted by Gasteiger charge is -2.40. The average molecular weight is 369 g/mol. The normalized spacial score (nSPS) is 28.5. The molecule has 4 rings (SSSR count). The van der Waals surface area contributed by atoms with Crippen LogP contribution in [0.15, 0.2) is 60.8 Å². The minimum Gasteiger partial charge on any atom is -0.394 e. The number of aliphatic hydroxyl groups is 4. The Bertz CT molecular complexity index is 907. The first kappa shape index (κ1) is 18.2. The number of para-hydroxylation sites is 1. The lowest BCUT2D eigenvalue weighted by Crippen LogP contribution is -2.56. The summed E-state index contributed by atoms with van der Waals surface area (Å²) in [5, 5.41) is 41.1. The fourth-order valence-corrected chi connectivity index (χ4v) is 3.76. The van der Waals surface area contributed by atoms with Crippen molar-refractivity contribution in [2.75, 3.05) is 6.61 Å². The molecular weight excluding hydrogens is 346 g/mol. The Balaban J connectivity index is 1.76. The highest BCUT2D eigenvalue weighted by molar-refractivity contribution is 5.84. The Hall–Kier alpha value is -2.22. The maximum absolute atomic E-state index is 10.5. The zero-order chi connectivity index (χ0) is 19.0. The SMILES string of the molecule is OC[C@H]1O[C@@H](n2cc(Cc3ccccc3)c3ccccc32)[C@H](O)[C@@H](O)[C@@H]1O. The molecule has 6 heteroatoms. The predicted octanol–water partition coefficient (Wildman–Crippen LogP) is 1.20. The number of nitrogens with zero attached hydrogens (tertiary/aromatic N) is 1. The quantitative estimate of drug-likeness (QED) is 0.554. The van der Waals surface area contributed by atoms with Gasteiger partial charge in [-0.25, -0.2) is 0 Å².